The molecule has 0 saturated heterocycles. The van der Waals surface area contributed by atoms with Crippen molar-refractivity contribution in [2.75, 3.05) is 19.0 Å². The average Bonchev–Trinajstić information content (AvgIpc) is 2.88. The molecule has 1 aliphatic rings. The second-order valence-corrected chi connectivity index (χ2v) is 13.1. The quantitative estimate of drug-likeness (QED) is 0.350. The average molecular weight is 571 g/mol. The van der Waals surface area contributed by atoms with E-state index in [1.54, 1.807) is 24.3 Å². The number of benzene rings is 2. The highest BCUT2D eigenvalue weighted by Gasteiger charge is 2.41. The van der Waals surface area contributed by atoms with Gasteiger partial charge in [0.05, 0.1) is 35.4 Å². The summed E-state index contributed by atoms with van der Waals surface area (Å²) in [6, 6.07) is 9.09. The van der Waals surface area contributed by atoms with Gasteiger partial charge in [0.25, 0.3) is 11.8 Å². The predicted molar refractivity (Wildman–Crippen MR) is 156 cm³/mol. The first-order valence-electron chi connectivity index (χ1n) is 14.0. The Balaban J connectivity index is 1.75. The van der Waals surface area contributed by atoms with E-state index in [9.17, 15) is 14.4 Å². The number of anilines is 1. The highest BCUT2D eigenvalue weighted by Crippen LogP contribution is 2.40. The zero-order valence-corrected chi connectivity index (χ0v) is 25.4. The minimum absolute atomic E-state index is 0.0307. The van der Waals surface area contributed by atoms with Gasteiger partial charge in [-0.1, -0.05) is 32.9 Å². The maximum atomic E-state index is 15.0. The van der Waals surface area contributed by atoms with Crippen LogP contribution in [0.4, 0.5) is 10.1 Å². The van der Waals surface area contributed by atoms with E-state index >= 15 is 4.39 Å². The molecule has 2 N–H and O–H groups in total. The van der Waals surface area contributed by atoms with Crippen LogP contribution in [0.5, 0.6) is 11.5 Å². The van der Waals surface area contributed by atoms with Crippen LogP contribution in [0.15, 0.2) is 36.4 Å². The number of hydrogen-bond donors (Lipinski definition) is 2. The lowest BCUT2D eigenvalue weighted by molar-refractivity contribution is -0.169. The van der Waals surface area contributed by atoms with Gasteiger partial charge in [-0.05, 0) is 77.0 Å². The highest BCUT2D eigenvalue weighted by molar-refractivity contribution is 6.10. The topological polar surface area (TPSA) is 103 Å². The molecule has 2 amide bonds. The zero-order chi connectivity index (χ0) is 30.6. The lowest BCUT2D eigenvalue weighted by atomic mass is 9.74. The number of rotatable bonds is 8. The van der Waals surface area contributed by atoms with Crippen LogP contribution in [0.2, 0.25) is 0 Å². The van der Waals surface area contributed by atoms with E-state index in [4.69, 9.17) is 14.2 Å². The van der Waals surface area contributed by atoms with E-state index in [2.05, 4.69) is 10.6 Å². The summed E-state index contributed by atoms with van der Waals surface area (Å²) in [5.74, 6) is -1.86. The normalized spacial score (nSPS) is 19.2. The summed E-state index contributed by atoms with van der Waals surface area (Å²) in [4.78, 5) is 38.9. The van der Waals surface area contributed by atoms with Crippen molar-refractivity contribution < 1.29 is 33.0 Å². The summed E-state index contributed by atoms with van der Waals surface area (Å²) in [6.07, 6.45) is 1.79. The van der Waals surface area contributed by atoms with E-state index in [0.717, 1.165) is 6.07 Å². The molecule has 0 bridgehead atoms. The number of methoxy groups -OCH3 is 1. The molecule has 2 aromatic rings. The van der Waals surface area contributed by atoms with Crippen molar-refractivity contribution in [2.45, 2.75) is 85.9 Å². The zero-order valence-electron chi connectivity index (χ0n) is 25.4. The molecule has 3 rings (SSSR count). The van der Waals surface area contributed by atoms with Gasteiger partial charge < -0.3 is 24.8 Å². The van der Waals surface area contributed by atoms with E-state index in [0.29, 0.717) is 43.5 Å². The Hall–Kier alpha value is -3.62. The molecule has 0 aliphatic heterocycles. The fourth-order valence-corrected chi connectivity index (χ4v) is 4.52. The maximum absolute atomic E-state index is 15.0. The van der Waals surface area contributed by atoms with Gasteiger partial charge in [-0.2, -0.15) is 0 Å². The predicted octanol–water partition coefficient (Wildman–Crippen LogP) is 6.53. The van der Waals surface area contributed by atoms with Crippen molar-refractivity contribution in [2.24, 2.45) is 10.8 Å². The van der Waals surface area contributed by atoms with E-state index < -0.39 is 22.7 Å². The second-order valence-electron chi connectivity index (χ2n) is 13.1. The minimum atomic E-state index is -0.666. The summed E-state index contributed by atoms with van der Waals surface area (Å²) < 4.78 is 31.9. The number of esters is 1. The lowest BCUT2D eigenvalue weighted by Crippen LogP contribution is -2.40. The van der Waals surface area contributed by atoms with Gasteiger partial charge in [-0.3, -0.25) is 14.4 Å². The van der Waals surface area contributed by atoms with Crippen LogP contribution in [0.25, 0.3) is 0 Å². The Morgan fingerprint density at radius 3 is 2.17 bits per heavy atom. The molecular weight excluding hydrogens is 527 g/mol. The first kappa shape index (κ1) is 31.9. The molecular formula is C32H43FN2O6. The summed E-state index contributed by atoms with van der Waals surface area (Å²) in [7, 11) is 1.35. The van der Waals surface area contributed by atoms with Gasteiger partial charge in [0.1, 0.15) is 11.4 Å². The van der Waals surface area contributed by atoms with Crippen LogP contribution in [0, 0.1) is 16.6 Å². The Bertz CT molecular complexity index is 1270. The van der Waals surface area contributed by atoms with E-state index in [1.165, 1.54) is 13.2 Å². The molecule has 9 heteroatoms. The largest absolute Gasteiger partial charge is 0.496 e. The molecule has 224 valence electrons. The number of amides is 2. The fourth-order valence-electron chi connectivity index (χ4n) is 4.52. The van der Waals surface area contributed by atoms with Crippen molar-refractivity contribution in [3.63, 3.8) is 0 Å². The molecule has 0 atom stereocenters. The van der Waals surface area contributed by atoms with Crippen molar-refractivity contribution in [1.29, 1.82) is 0 Å². The van der Waals surface area contributed by atoms with Crippen molar-refractivity contribution in [3.05, 3.63) is 53.3 Å². The van der Waals surface area contributed by atoms with Gasteiger partial charge in [0.2, 0.25) is 0 Å². The number of carbonyl (C=O) groups is 3. The van der Waals surface area contributed by atoms with E-state index in [-0.39, 0.29) is 40.5 Å². The molecule has 1 fully saturated rings. The van der Waals surface area contributed by atoms with Crippen molar-refractivity contribution >= 4 is 23.5 Å². The maximum Gasteiger partial charge on any atom is 0.312 e. The number of para-hydroxylation sites is 1. The molecule has 0 aromatic heterocycles. The third kappa shape index (κ3) is 8.68. The summed E-state index contributed by atoms with van der Waals surface area (Å²) in [5, 5.41) is 5.65. The molecule has 41 heavy (non-hydrogen) atoms. The fraction of sp³-hybridized carbons (Fsp3) is 0.531. The number of carbonyl (C=O) groups excluding carboxylic acids is 3. The Morgan fingerprint density at radius 2 is 1.59 bits per heavy atom. The molecule has 0 unspecified atom stereocenters. The summed E-state index contributed by atoms with van der Waals surface area (Å²) in [6.45, 7) is 13.9. The van der Waals surface area contributed by atoms with Crippen LogP contribution in [0.1, 0.15) is 94.9 Å². The molecule has 1 saturated carbocycles. The van der Waals surface area contributed by atoms with Gasteiger partial charge >= 0.3 is 5.97 Å². The molecule has 0 radical (unpaired) electrons. The Kier molecular flexibility index (Phi) is 9.72. The molecule has 8 nitrogen and oxygen atoms in total. The smallest absolute Gasteiger partial charge is 0.312 e. The number of nitrogens with one attached hydrogen (secondary N) is 2. The highest BCUT2D eigenvalue weighted by atomic mass is 19.1. The van der Waals surface area contributed by atoms with Gasteiger partial charge in [0, 0.05) is 12.6 Å². The van der Waals surface area contributed by atoms with E-state index in [1.807, 2.05) is 48.5 Å². The standard InChI is InChI=1S/C32H43FN2O6/c1-30(2,3)19-34-27(36)21-11-9-10-12-24(21)35-28(37)22-17-26(23(33)18-25(22)39-8)40-20-13-15-32(7,16-14-20)29(38)41-31(4,5)6/h9-12,17-18,20H,13-16,19H2,1-8H3,(H,34,36)(H,35,37). The molecule has 2 aromatic carbocycles. The van der Waals surface area contributed by atoms with Crippen molar-refractivity contribution in [3.8, 4) is 11.5 Å². The number of halogens is 1. The van der Waals surface area contributed by atoms with Crippen LogP contribution in [-0.4, -0.2) is 43.1 Å². The van der Waals surface area contributed by atoms with Crippen LogP contribution in [-0.2, 0) is 9.53 Å². The molecule has 1 aliphatic carbocycles. The lowest BCUT2D eigenvalue weighted by Gasteiger charge is -2.37. The van der Waals surface area contributed by atoms with Crippen LogP contribution < -0.4 is 20.1 Å². The van der Waals surface area contributed by atoms with Crippen molar-refractivity contribution in [1.82, 2.24) is 5.32 Å². The summed E-state index contributed by atoms with van der Waals surface area (Å²) in [5.41, 5.74) is -0.651. The summed E-state index contributed by atoms with van der Waals surface area (Å²) >= 11 is 0. The Morgan fingerprint density at radius 1 is 0.951 bits per heavy atom. The van der Waals surface area contributed by atoms with Gasteiger partial charge in [-0.25, -0.2) is 4.39 Å². The first-order chi connectivity index (χ1) is 19.0. The monoisotopic (exact) mass is 570 g/mol. The first-order valence-corrected chi connectivity index (χ1v) is 14.0. The number of ether oxygens (including phenoxy) is 3. The molecule has 0 heterocycles. The molecule has 0 spiro atoms. The number of hydrogen-bond acceptors (Lipinski definition) is 6. The van der Waals surface area contributed by atoms with Crippen LogP contribution in [0.3, 0.4) is 0 Å². The Labute approximate surface area is 242 Å². The SMILES string of the molecule is COc1cc(F)c(OC2CCC(C)(C(=O)OC(C)(C)C)CC2)cc1C(=O)Nc1ccccc1C(=O)NCC(C)(C)C. The minimum Gasteiger partial charge on any atom is -0.496 e. The van der Waals surface area contributed by atoms with Gasteiger partial charge in [-0.15, -0.1) is 0 Å². The third-order valence-electron chi connectivity index (χ3n) is 6.92. The second kappa shape index (κ2) is 12.5. The van der Waals surface area contributed by atoms with Gasteiger partial charge in [0.15, 0.2) is 11.6 Å². The van der Waals surface area contributed by atoms with Crippen LogP contribution >= 0.6 is 0 Å². The third-order valence-corrected chi connectivity index (χ3v) is 6.92.